The van der Waals surface area contributed by atoms with Crippen molar-refractivity contribution in [1.29, 1.82) is 0 Å². The summed E-state index contributed by atoms with van der Waals surface area (Å²) >= 11 is 5.94. The zero-order valence-electron chi connectivity index (χ0n) is 16.5. The number of aryl methyl sites for hydroxylation is 1. The van der Waals surface area contributed by atoms with E-state index < -0.39 is 10.4 Å². The molecule has 0 N–H and O–H groups in total. The minimum absolute atomic E-state index is 0.103. The Balaban J connectivity index is 1.87. The number of pyridine rings is 1. The van der Waals surface area contributed by atoms with Gasteiger partial charge in [0, 0.05) is 17.3 Å². The maximum atomic E-state index is 11.9. The Morgan fingerprint density at radius 2 is 1.86 bits per heavy atom. The highest BCUT2D eigenvalue weighted by Gasteiger charge is 2.36. The van der Waals surface area contributed by atoms with Crippen LogP contribution in [0.5, 0.6) is 17.5 Å². The third kappa shape index (κ3) is 3.62. The standard InChI is InChI=1S/C20H21ClN2O5S/c1-11(2)9-23-13(4)12(3)16-17(23)19(22-20-18(16)27-29(24,25)28-20)26-10-14-5-7-15(21)8-6-14/h5-8,11H,9-10H2,1-4H3. The number of fused-ring (bicyclic) bond motifs is 3. The van der Waals surface area contributed by atoms with Crippen LogP contribution in [-0.4, -0.2) is 18.0 Å². The highest BCUT2D eigenvalue weighted by molar-refractivity contribution is 7.82. The van der Waals surface area contributed by atoms with E-state index in [0.717, 1.165) is 23.4 Å². The van der Waals surface area contributed by atoms with Crippen molar-refractivity contribution in [3.8, 4) is 17.5 Å². The molecule has 0 spiro atoms. The summed E-state index contributed by atoms with van der Waals surface area (Å²) in [5.41, 5.74) is 3.50. The van der Waals surface area contributed by atoms with Gasteiger partial charge in [0.1, 0.15) is 12.1 Å². The second kappa shape index (κ2) is 7.11. The molecule has 0 saturated heterocycles. The number of aromatic nitrogens is 2. The van der Waals surface area contributed by atoms with Crippen LogP contribution >= 0.6 is 11.6 Å². The van der Waals surface area contributed by atoms with Crippen molar-refractivity contribution in [3.63, 3.8) is 0 Å². The predicted octanol–water partition coefficient (Wildman–Crippen LogP) is 4.56. The summed E-state index contributed by atoms with van der Waals surface area (Å²) in [6, 6.07) is 7.29. The minimum Gasteiger partial charge on any atom is -0.471 e. The minimum atomic E-state index is -4.17. The lowest BCUT2D eigenvalue weighted by atomic mass is 10.1. The zero-order valence-corrected chi connectivity index (χ0v) is 18.1. The number of benzene rings is 1. The molecule has 4 rings (SSSR count). The van der Waals surface area contributed by atoms with E-state index in [-0.39, 0.29) is 18.2 Å². The first kappa shape index (κ1) is 19.8. The number of rotatable bonds is 5. The van der Waals surface area contributed by atoms with Gasteiger partial charge in [0.15, 0.2) is 0 Å². The Morgan fingerprint density at radius 1 is 1.17 bits per heavy atom. The van der Waals surface area contributed by atoms with E-state index in [1.807, 2.05) is 26.0 Å². The van der Waals surface area contributed by atoms with Crippen LogP contribution in [0.3, 0.4) is 0 Å². The van der Waals surface area contributed by atoms with Crippen LogP contribution in [0, 0.1) is 19.8 Å². The molecule has 9 heteroatoms. The van der Waals surface area contributed by atoms with Crippen LogP contribution in [0.15, 0.2) is 24.3 Å². The second-order valence-electron chi connectivity index (χ2n) is 7.48. The quantitative estimate of drug-likeness (QED) is 0.583. The molecule has 0 atom stereocenters. The normalized spacial score (nSPS) is 14.7. The van der Waals surface area contributed by atoms with E-state index >= 15 is 0 Å². The van der Waals surface area contributed by atoms with Crippen LogP contribution in [0.25, 0.3) is 10.9 Å². The van der Waals surface area contributed by atoms with Crippen LogP contribution in [-0.2, 0) is 23.6 Å². The molecule has 0 aliphatic carbocycles. The van der Waals surface area contributed by atoms with Crippen molar-refractivity contribution in [3.05, 3.63) is 46.1 Å². The molecule has 0 saturated carbocycles. The molecule has 1 aliphatic heterocycles. The smallest absolute Gasteiger partial charge is 0.471 e. The Hall–Kier alpha value is -2.45. The van der Waals surface area contributed by atoms with Gasteiger partial charge in [0.05, 0.1) is 5.39 Å². The fourth-order valence-corrected chi connectivity index (χ4v) is 4.27. The van der Waals surface area contributed by atoms with Crippen molar-refractivity contribution in [1.82, 2.24) is 9.55 Å². The number of halogens is 1. The summed E-state index contributed by atoms with van der Waals surface area (Å²) in [4.78, 5) is 4.34. The number of hydrogen-bond acceptors (Lipinski definition) is 6. The third-order valence-corrected chi connectivity index (χ3v) is 5.84. The summed E-state index contributed by atoms with van der Waals surface area (Å²) in [5.74, 6) is 0.670. The predicted molar refractivity (Wildman–Crippen MR) is 110 cm³/mol. The van der Waals surface area contributed by atoms with Crippen molar-refractivity contribution in [2.24, 2.45) is 5.92 Å². The lowest BCUT2D eigenvalue weighted by Crippen LogP contribution is -2.08. The fourth-order valence-electron chi connectivity index (χ4n) is 3.44. The molecule has 0 unspecified atom stereocenters. The first-order valence-corrected chi connectivity index (χ1v) is 10.9. The van der Waals surface area contributed by atoms with E-state index in [1.54, 1.807) is 12.1 Å². The maximum absolute atomic E-state index is 11.9. The van der Waals surface area contributed by atoms with Gasteiger partial charge in [-0.15, -0.1) is 8.42 Å². The summed E-state index contributed by atoms with van der Waals surface area (Å²) in [5, 5.41) is 1.28. The Labute approximate surface area is 174 Å². The van der Waals surface area contributed by atoms with Crippen molar-refractivity contribution in [2.45, 2.75) is 40.8 Å². The molecule has 0 bridgehead atoms. The van der Waals surface area contributed by atoms with Crippen LogP contribution in [0.4, 0.5) is 0 Å². The molecule has 2 aromatic heterocycles. The SMILES string of the molecule is Cc1c(C)n(CC(C)C)c2c(OCc3ccc(Cl)cc3)nc3c(c12)OS(=O)(=O)O3. The fraction of sp³-hybridized carbons (Fsp3) is 0.350. The van der Waals surface area contributed by atoms with Crippen LogP contribution in [0.1, 0.15) is 30.7 Å². The molecule has 0 fully saturated rings. The molecule has 154 valence electrons. The van der Waals surface area contributed by atoms with Crippen molar-refractivity contribution < 1.29 is 21.5 Å². The summed E-state index contributed by atoms with van der Waals surface area (Å²) in [7, 11) is -4.17. The molecule has 0 radical (unpaired) electrons. The highest BCUT2D eigenvalue weighted by Crippen LogP contribution is 2.47. The first-order chi connectivity index (χ1) is 13.7. The zero-order chi connectivity index (χ0) is 20.9. The largest absolute Gasteiger partial charge is 0.502 e. The topological polar surface area (TPSA) is 79.7 Å². The van der Waals surface area contributed by atoms with Gasteiger partial charge in [-0.1, -0.05) is 37.6 Å². The molecule has 1 aromatic carbocycles. The molecule has 3 heterocycles. The second-order valence-corrected chi connectivity index (χ2v) is 9.07. The Kier molecular flexibility index (Phi) is 4.86. The average molecular weight is 437 g/mol. The molecule has 3 aromatic rings. The number of nitrogens with zero attached hydrogens (tertiary/aromatic N) is 2. The van der Waals surface area contributed by atoms with Gasteiger partial charge in [-0.25, -0.2) is 0 Å². The number of hydrogen-bond donors (Lipinski definition) is 0. The van der Waals surface area contributed by atoms with Gasteiger partial charge in [-0.3, -0.25) is 0 Å². The first-order valence-electron chi connectivity index (χ1n) is 9.21. The highest BCUT2D eigenvalue weighted by atomic mass is 35.5. The van der Waals surface area contributed by atoms with Crippen molar-refractivity contribution in [2.75, 3.05) is 0 Å². The van der Waals surface area contributed by atoms with E-state index in [1.165, 1.54) is 0 Å². The van der Waals surface area contributed by atoms with Gasteiger partial charge in [-0.2, -0.15) is 4.98 Å². The molecular weight excluding hydrogens is 416 g/mol. The van der Waals surface area contributed by atoms with Gasteiger partial charge >= 0.3 is 10.4 Å². The van der Waals surface area contributed by atoms with E-state index in [2.05, 4.69) is 23.4 Å². The van der Waals surface area contributed by atoms with Crippen LogP contribution in [0.2, 0.25) is 5.02 Å². The molecule has 0 amide bonds. The van der Waals surface area contributed by atoms with Gasteiger partial charge < -0.3 is 17.7 Å². The third-order valence-electron chi connectivity index (χ3n) is 4.86. The Morgan fingerprint density at radius 3 is 2.52 bits per heavy atom. The van der Waals surface area contributed by atoms with Gasteiger partial charge in [0.2, 0.25) is 11.6 Å². The molecule has 7 nitrogen and oxygen atoms in total. The van der Waals surface area contributed by atoms with Gasteiger partial charge in [0.25, 0.3) is 5.88 Å². The lowest BCUT2D eigenvalue weighted by Gasteiger charge is -2.14. The summed E-state index contributed by atoms with van der Waals surface area (Å²) in [6.45, 7) is 9.10. The molecule has 1 aliphatic rings. The van der Waals surface area contributed by atoms with Crippen molar-refractivity contribution >= 4 is 32.9 Å². The number of ether oxygens (including phenoxy) is 1. The average Bonchev–Trinajstić information content (AvgIpc) is 3.08. The lowest BCUT2D eigenvalue weighted by molar-refractivity contribution is 0.294. The maximum Gasteiger partial charge on any atom is 0.502 e. The summed E-state index contributed by atoms with van der Waals surface area (Å²) in [6.07, 6.45) is 0. The van der Waals surface area contributed by atoms with E-state index in [0.29, 0.717) is 27.7 Å². The summed E-state index contributed by atoms with van der Waals surface area (Å²) < 4.78 is 41.9. The van der Waals surface area contributed by atoms with Crippen LogP contribution < -0.4 is 13.1 Å². The van der Waals surface area contributed by atoms with Gasteiger partial charge in [-0.05, 0) is 43.0 Å². The molecule has 29 heavy (non-hydrogen) atoms. The Bertz CT molecular complexity index is 1200. The molecular formula is C20H21ClN2O5S. The monoisotopic (exact) mass is 436 g/mol. The van der Waals surface area contributed by atoms with E-state index in [9.17, 15) is 8.42 Å². The van der Waals surface area contributed by atoms with E-state index in [4.69, 9.17) is 24.7 Å².